The van der Waals surface area contributed by atoms with Crippen molar-refractivity contribution in [2.24, 2.45) is 0 Å². The predicted molar refractivity (Wildman–Crippen MR) is 90.2 cm³/mol. The van der Waals surface area contributed by atoms with E-state index in [2.05, 4.69) is 29.4 Å². The minimum atomic E-state index is 0.114. The lowest BCUT2D eigenvalue weighted by molar-refractivity contribution is 0.884. The van der Waals surface area contributed by atoms with Gasteiger partial charge >= 0.3 is 0 Å². The Morgan fingerprint density at radius 1 is 1.00 bits per heavy atom. The first-order chi connectivity index (χ1) is 10.1. The van der Waals surface area contributed by atoms with Crippen LogP contribution in [-0.2, 0) is 0 Å². The zero-order valence-corrected chi connectivity index (χ0v) is 13.0. The van der Waals surface area contributed by atoms with Crippen molar-refractivity contribution in [3.8, 4) is 0 Å². The third-order valence-corrected chi connectivity index (χ3v) is 4.16. The van der Waals surface area contributed by atoms with Crippen molar-refractivity contribution in [2.45, 2.75) is 13.0 Å². The molecule has 21 heavy (non-hydrogen) atoms. The quantitative estimate of drug-likeness (QED) is 0.669. The van der Waals surface area contributed by atoms with Gasteiger partial charge in [-0.2, -0.15) is 0 Å². The Morgan fingerprint density at radius 3 is 2.62 bits per heavy atom. The zero-order valence-electron chi connectivity index (χ0n) is 11.5. The van der Waals surface area contributed by atoms with Crippen LogP contribution in [-0.4, -0.2) is 4.98 Å². The normalized spacial score (nSPS) is 12.3. The first-order valence-corrected chi connectivity index (χ1v) is 7.45. The highest BCUT2D eigenvalue weighted by atomic mass is 35.5. The molecule has 0 radical (unpaired) electrons. The molecule has 0 aliphatic carbocycles. The minimum Gasteiger partial charge on any atom is -0.377 e. The van der Waals surface area contributed by atoms with Gasteiger partial charge in [-0.15, -0.1) is 0 Å². The first-order valence-electron chi connectivity index (χ1n) is 6.70. The molecule has 0 fully saturated rings. The smallest absolute Gasteiger partial charge is 0.0703 e. The maximum absolute atomic E-state index is 6.07. The number of fused-ring (bicyclic) bond motifs is 1. The number of pyridine rings is 1. The third kappa shape index (κ3) is 3.12. The lowest BCUT2D eigenvalue weighted by atomic mass is 10.1. The average Bonchev–Trinajstić information content (AvgIpc) is 2.50. The van der Waals surface area contributed by atoms with Gasteiger partial charge < -0.3 is 5.32 Å². The molecule has 1 heterocycles. The van der Waals surface area contributed by atoms with E-state index in [0.29, 0.717) is 10.0 Å². The highest BCUT2D eigenvalue weighted by Gasteiger charge is 2.08. The van der Waals surface area contributed by atoms with E-state index in [4.69, 9.17) is 23.2 Å². The topological polar surface area (TPSA) is 24.9 Å². The zero-order chi connectivity index (χ0) is 14.8. The number of hydrogen-bond acceptors (Lipinski definition) is 2. The Labute approximate surface area is 133 Å². The van der Waals surface area contributed by atoms with E-state index in [1.807, 2.05) is 42.6 Å². The summed E-state index contributed by atoms with van der Waals surface area (Å²) in [6, 6.07) is 15.9. The molecule has 2 aromatic carbocycles. The molecule has 0 aliphatic rings. The van der Waals surface area contributed by atoms with Gasteiger partial charge in [0.2, 0.25) is 0 Å². The number of rotatable bonds is 3. The largest absolute Gasteiger partial charge is 0.377 e. The van der Waals surface area contributed by atoms with Gasteiger partial charge in [-0.3, -0.25) is 4.98 Å². The second kappa shape index (κ2) is 5.92. The van der Waals surface area contributed by atoms with E-state index in [1.54, 1.807) is 0 Å². The monoisotopic (exact) mass is 316 g/mol. The fourth-order valence-electron chi connectivity index (χ4n) is 2.27. The Morgan fingerprint density at radius 2 is 1.81 bits per heavy atom. The van der Waals surface area contributed by atoms with Gasteiger partial charge in [0.1, 0.15) is 0 Å². The van der Waals surface area contributed by atoms with Crippen LogP contribution in [0, 0.1) is 0 Å². The first kappa shape index (κ1) is 14.2. The predicted octanol–water partition coefficient (Wildman–Crippen LogP) is 5.71. The summed E-state index contributed by atoms with van der Waals surface area (Å²) >= 11 is 12.0. The molecule has 0 aliphatic heterocycles. The van der Waals surface area contributed by atoms with E-state index >= 15 is 0 Å². The van der Waals surface area contributed by atoms with Crippen LogP contribution in [0.5, 0.6) is 0 Å². The molecule has 2 nitrogen and oxygen atoms in total. The van der Waals surface area contributed by atoms with Crippen LogP contribution in [0.1, 0.15) is 18.5 Å². The number of hydrogen-bond donors (Lipinski definition) is 1. The highest BCUT2D eigenvalue weighted by Crippen LogP contribution is 2.27. The number of anilines is 1. The van der Waals surface area contributed by atoms with Crippen molar-refractivity contribution in [3.63, 3.8) is 0 Å². The molecular formula is C17H14Cl2N2. The molecule has 1 atom stereocenters. The summed E-state index contributed by atoms with van der Waals surface area (Å²) in [7, 11) is 0. The van der Waals surface area contributed by atoms with Gasteiger partial charge in [-0.25, -0.2) is 0 Å². The molecule has 0 saturated carbocycles. The highest BCUT2D eigenvalue weighted by molar-refractivity contribution is 6.42. The Balaban J connectivity index is 1.85. The molecule has 4 heteroatoms. The second-order valence-corrected chi connectivity index (χ2v) is 5.77. The molecule has 1 unspecified atom stereocenters. The number of benzene rings is 2. The molecule has 0 spiro atoms. The molecule has 0 saturated heterocycles. The Bertz CT molecular complexity index is 787. The SMILES string of the molecule is CC(Nc1cnc2ccccc2c1)c1ccc(Cl)c(Cl)c1. The van der Waals surface area contributed by atoms with Crippen molar-refractivity contribution >= 4 is 39.8 Å². The molecule has 1 N–H and O–H groups in total. The summed E-state index contributed by atoms with van der Waals surface area (Å²) in [5.74, 6) is 0. The van der Waals surface area contributed by atoms with E-state index in [1.165, 1.54) is 0 Å². The number of para-hydroxylation sites is 1. The molecule has 0 amide bonds. The van der Waals surface area contributed by atoms with Crippen molar-refractivity contribution in [1.82, 2.24) is 4.98 Å². The summed E-state index contributed by atoms with van der Waals surface area (Å²) in [5.41, 5.74) is 3.05. The molecule has 3 rings (SSSR count). The van der Waals surface area contributed by atoms with Gasteiger partial charge in [0.15, 0.2) is 0 Å². The maximum atomic E-state index is 6.07. The third-order valence-electron chi connectivity index (χ3n) is 3.42. The number of halogens is 2. The fourth-order valence-corrected chi connectivity index (χ4v) is 2.57. The lowest BCUT2D eigenvalue weighted by Crippen LogP contribution is -2.06. The standard InChI is InChI=1S/C17H14Cl2N2/c1-11(12-6-7-15(18)16(19)9-12)21-14-8-13-4-2-3-5-17(13)20-10-14/h2-11,21H,1H3. The van der Waals surface area contributed by atoms with Crippen LogP contribution in [0.4, 0.5) is 5.69 Å². The van der Waals surface area contributed by atoms with Crippen LogP contribution in [0.15, 0.2) is 54.7 Å². The molecule has 0 bridgehead atoms. The Hall–Kier alpha value is -1.77. The summed E-state index contributed by atoms with van der Waals surface area (Å²) in [5, 5.41) is 5.69. The molecule has 106 valence electrons. The number of aromatic nitrogens is 1. The summed E-state index contributed by atoms with van der Waals surface area (Å²) < 4.78 is 0. The molecule has 3 aromatic rings. The molecular weight excluding hydrogens is 303 g/mol. The van der Waals surface area contributed by atoms with Crippen LogP contribution in [0.2, 0.25) is 10.0 Å². The van der Waals surface area contributed by atoms with Gasteiger partial charge in [-0.05, 0) is 36.8 Å². The van der Waals surface area contributed by atoms with Crippen molar-refractivity contribution < 1.29 is 0 Å². The summed E-state index contributed by atoms with van der Waals surface area (Å²) in [4.78, 5) is 4.45. The number of nitrogens with one attached hydrogen (secondary N) is 1. The molecule has 1 aromatic heterocycles. The van der Waals surface area contributed by atoms with Crippen LogP contribution >= 0.6 is 23.2 Å². The summed E-state index contributed by atoms with van der Waals surface area (Å²) in [6.45, 7) is 2.08. The van der Waals surface area contributed by atoms with Crippen LogP contribution in [0.25, 0.3) is 10.9 Å². The number of nitrogens with zero attached hydrogens (tertiary/aromatic N) is 1. The van der Waals surface area contributed by atoms with Gasteiger partial charge in [0.05, 0.1) is 27.4 Å². The van der Waals surface area contributed by atoms with E-state index in [9.17, 15) is 0 Å². The van der Waals surface area contributed by atoms with Crippen molar-refractivity contribution in [2.75, 3.05) is 5.32 Å². The van der Waals surface area contributed by atoms with E-state index in [0.717, 1.165) is 22.2 Å². The average molecular weight is 317 g/mol. The van der Waals surface area contributed by atoms with Crippen LogP contribution < -0.4 is 5.32 Å². The summed E-state index contributed by atoms with van der Waals surface area (Å²) in [6.07, 6.45) is 1.84. The van der Waals surface area contributed by atoms with Crippen LogP contribution in [0.3, 0.4) is 0 Å². The second-order valence-electron chi connectivity index (χ2n) is 4.96. The maximum Gasteiger partial charge on any atom is 0.0703 e. The van der Waals surface area contributed by atoms with Crippen molar-refractivity contribution in [1.29, 1.82) is 0 Å². The van der Waals surface area contributed by atoms with E-state index in [-0.39, 0.29) is 6.04 Å². The van der Waals surface area contributed by atoms with Gasteiger partial charge in [0.25, 0.3) is 0 Å². The minimum absolute atomic E-state index is 0.114. The Kier molecular flexibility index (Phi) is 4.00. The van der Waals surface area contributed by atoms with Gasteiger partial charge in [0, 0.05) is 11.4 Å². The fraction of sp³-hybridized carbons (Fsp3) is 0.118. The van der Waals surface area contributed by atoms with Gasteiger partial charge in [-0.1, -0.05) is 47.5 Å². The lowest BCUT2D eigenvalue weighted by Gasteiger charge is -2.16. The van der Waals surface area contributed by atoms with E-state index < -0.39 is 0 Å². The van der Waals surface area contributed by atoms with Crippen molar-refractivity contribution in [3.05, 3.63) is 70.3 Å².